The van der Waals surface area contributed by atoms with Crippen molar-refractivity contribution in [1.82, 2.24) is 0 Å². The smallest absolute Gasteiger partial charge is 0.300 e. The lowest BCUT2D eigenvalue weighted by Crippen LogP contribution is -2.29. The third-order valence-electron chi connectivity index (χ3n) is 6.72. The Morgan fingerprint density at radius 3 is 2.27 bits per heavy atom. The molecule has 3 aromatic carbocycles. The van der Waals surface area contributed by atoms with Crippen LogP contribution in [-0.2, 0) is 9.59 Å². The summed E-state index contributed by atoms with van der Waals surface area (Å²) in [6.45, 7) is 5.04. The van der Waals surface area contributed by atoms with E-state index in [-0.39, 0.29) is 11.3 Å². The summed E-state index contributed by atoms with van der Waals surface area (Å²) in [5.41, 5.74) is 1.39. The van der Waals surface area contributed by atoms with Crippen LogP contribution < -0.4 is 23.8 Å². The number of aliphatic hydroxyl groups excluding tert-OH is 1. The van der Waals surface area contributed by atoms with Gasteiger partial charge in [-0.25, -0.2) is 0 Å². The number of ketones is 1. The van der Waals surface area contributed by atoms with Crippen molar-refractivity contribution in [1.29, 1.82) is 0 Å². The molecule has 1 N–H and O–H groups in total. The quantitative estimate of drug-likeness (QED) is 0.124. The molecule has 4 rings (SSSR count). The topological polar surface area (TPSA) is 94.5 Å². The minimum Gasteiger partial charge on any atom is -0.507 e. The lowest BCUT2D eigenvalue weighted by atomic mass is 9.94. The van der Waals surface area contributed by atoms with Gasteiger partial charge in [-0.2, -0.15) is 0 Å². The van der Waals surface area contributed by atoms with E-state index >= 15 is 0 Å². The molecule has 210 valence electrons. The maximum Gasteiger partial charge on any atom is 0.300 e. The van der Waals surface area contributed by atoms with E-state index in [0.717, 1.165) is 19.3 Å². The van der Waals surface area contributed by atoms with Crippen molar-refractivity contribution in [3.63, 3.8) is 0 Å². The van der Waals surface area contributed by atoms with Crippen LogP contribution in [0.1, 0.15) is 50.3 Å². The molecule has 1 amide bonds. The van der Waals surface area contributed by atoms with Crippen molar-refractivity contribution in [2.24, 2.45) is 0 Å². The molecule has 1 aliphatic heterocycles. The Balaban J connectivity index is 1.81. The maximum absolute atomic E-state index is 13.5. The van der Waals surface area contributed by atoms with E-state index < -0.39 is 17.7 Å². The van der Waals surface area contributed by atoms with E-state index in [0.29, 0.717) is 53.0 Å². The summed E-state index contributed by atoms with van der Waals surface area (Å²) in [6.07, 6.45) is 3.14. The Kier molecular flexibility index (Phi) is 9.32. The molecular weight excluding hydrogens is 510 g/mol. The standard InChI is InChI=1S/C32H35NO7/c1-5-7-8-18-40-24-15-12-21(13-16-24)30(34)28-29(22-14-17-26(37-3)27(19-22)38-4)33(32(36)31(28)35)23-10-9-11-25(20-23)39-6-2/h9-17,19-20,29,34H,5-8,18H2,1-4H3/b30-28-. The van der Waals surface area contributed by atoms with Crippen molar-refractivity contribution in [3.05, 3.63) is 83.4 Å². The normalized spacial score (nSPS) is 16.2. The average molecular weight is 546 g/mol. The second-order valence-corrected chi connectivity index (χ2v) is 9.29. The molecule has 8 heteroatoms. The first kappa shape index (κ1) is 28.5. The molecule has 0 aromatic heterocycles. The Morgan fingerprint density at radius 2 is 1.60 bits per heavy atom. The molecule has 1 aliphatic rings. The largest absolute Gasteiger partial charge is 0.507 e. The number of anilines is 1. The molecule has 0 saturated carbocycles. The summed E-state index contributed by atoms with van der Waals surface area (Å²) < 4.78 is 22.3. The highest BCUT2D eigenvalue weighted by Gasteiger charge is 2.47. The highest BCUT2D eigenvalue weighted by atomic mass is 16.5. The van der Waals surface area contributed by atoms with Gasteiger partial charge in [0, 0.05) is 17.3 Å². The molecule has 1 fully saturated rings. The molecule has 40 heavy (non-hydrogen) atoms. The van der Waals surface area contributed by atoms with Crippen molar-refractivity contribution in [2.75, 3.05) is 32.3 Å². The number of ether oxygens (including phenoxy) is 4. The third-order valence-corrected chi connectivity index (χ3v) is 6.72. The zero-order chi connectivity index (χ0) is 28.6. The summed E-state index contributed by atoms with van der Waals surface area (Å²) in [4.78, 5) is 28.4. The number of unbranched alkanes of at least 4 members (excludes halogenated alkanes) is 2. The Bertz CT molecular complexity index is 1380. The first-order chi connectivity index (χ1) is 19.4. The molecule has 0 radical (unpaired) electrons. The number of benzene rings is 3. The summed E-state index contributed by atoms with van der Waals surface area (Å²) in [5, 5.41) is 11.5. The predicted molar refractivity (Wildman–Crippen MR) is 153 cm³/mol. The molecular formula is C32H35NO7. The number of rotatable bonds is 12. The fourth-order valence-corrected chi connectivity index (χ4v) is 4.73. The minimum atomic E-state index is -0.929. The number of carbonyl (C=O) groups is 2. The predicted octanol–water partition coefficient (Wildman–Crippen LogP) is 6.30. The van der Waals surface area contributed by atoms with E-state index in [9.17, 15) is 14.7 Å². The zero-order valence-electron chi connectivity index (χ0n) is 23.3. The SMILES string of the molecule is CCCCCOc1ccc(/C(O)=C2/C(=O)C(=O)N(c3cccc(OCC)c3)C2c2ccc(OC)c(OC)c2)cc1. The molecule has 1 atom stereocenters. The third kappa shape index (κ3) is 5.91. The molecule has 0 spiro atoms. The number of hydrogen-bond donors (Lipinski definition) is 1. The van der Waals surface area contributed by atoms with Gasteiger partial charge >= 0.3 is 0 Å². The number of methoxy groups -OCH3 is 2. The van der Waals surface area contributed by atoms with Gasteiger partial charge in [-0.1, -0.05) is 31.9 Å². The monoisotopic (exact) mass is 545 g/mol. The van der Waals surface area contributed by atoms with E-state index in [1.54, 1.807) is 66.7 Å². The van der Waals surface area contributed by atoms with Crippen molar-refractivity contribution in [3.8, 4) is 23.0 Å². The van der Waals surface area contributed by atoms with Gasteiger partial charge < -0.3 is 24.1 Å². The van der Waals surface area contributed by atoms with Crippen molar-refractivity contribution < 1.29 is 33.6 Å². The van der Waals surface area contributed by atoms with Crippen LogP contribution in [0.5, 0.6) is 23.0 Å². The van der Waals surface area contributed by atoms with Gasteiger partial charge in [0.05, 0.1) is 39.0 Å². The van der Waals surface area contributed by atoms with Gasteiger partial charge in [0.15, 0.2) is 11.5 Å². The number of hydrogen-bond acceptors (Lipinski definition) is 7. The second-order valence-electron chi connectivity index (χ2n) is 9.29. The average Bonchev–Trinajstić information content (AvgIpc) is 3.25. The number of carbonyl (C=O) groups excluding carboxylic acids is 2. The molecule has 1 saturated heterocycles. The molecule has 8 nitrogen and oxygen atoms in total. The molecule has 1 heterocycles. The number of amides is 1. The molecule has 3 aromatic rings. The lowest BCUT2D eigenvalue weighted by Gasteiger charge is -2.26. The van der Waals surface area contributed by atoms with Crippen LogP contribution in [0.15, 0.2) is 72.3 Å². The number of Topliss-reactive ketones (excluding diaryl/α,β-unsaturated/α-hetero) is 1. The van der Waals surface area contributed by atoms with Crippen LogP contribution in [0.25, 0.3) is 5.76 Å². The zero-order valence-corrected chi connectivity index (χ0v) is 23.3. The van der Waals surface area contributed by atoms with Gasteiger partial charge in [-0.15, -0.1) is 0 Å². The number of aliphatic hydroxyl groups is 1. The first-order valence-corrected chi connectivity index (χ1v) is 13.4. The summed E-state index contributed by atoms with van der Waals surface area (Å²) in [7, 11) is 3.04. The summed E-state index contributed by atoms with van der Waals surface area (Å²) in [5.74, 6) is 0.318. The Morgan fingerprint density at radius 1 is 0.850 bits per heavy atom. The van der Waals surface area contributed by atoms with Gasteiger partial charge in [-0.3, -0.25) is 14.5 Å². The molecule has 0 aliphatic carbocycles. The number of nitrogens with zero attached hydrogens (tertiary/aromatic N) is 1. The highest BCUT2D eigenvalue weighted by molar-refractivity contribution is 6.51. The lowest BCUT2D eigenvalue weighted by molar-refractivity contribution is -0.132. The second kappa shape index (κ2) is 13.1. The van der Waals surface area contributed by atoms with E-state index in [4.69, 9.17) is 18.9 Å². The van der Waals surface area contributed by atoms with E-state index in [1.165, 1.54) is 19.1 Å². The fraction of sp³-hybridized carbons (Fsp3) is 0.312. The van der Waals surface area contributed by atoms with Crippen LogP contribution in [0.3, 0.4) is 0 Å². The highest BCUT2D eigenvalue weighted by Crippen LogP contribution is 2.44. The van der Waals surface area contributed by atoms with E-state index in [2.05, 4.69) is 6.92 Å². The Hall–Kier alpha value is -4.46. The molecule has 1 unspecified atom stereocenters. The Labute approximate surface area is 234 Å². The van der Waals surface area contributed by atoms with Crippen LogP contribution in [0, 0.1) is 0 Å². The van der Waals surface area contributed by atoms with Gasteiger partial charge in [-0.05, 0) is 67.4 Å². The first-order valence-electron chi connectivity index (χ1n) is 13.4. The van der Waals surface area contributed by atoms with Gasteiger partial charge in [0.1, 0.15) is 17.3 Å². The fourth-order valence-electron chi connectivity index (χ4n) is 4.73. The minimum absolute atomic E-state index is 0.0318. The van der Waals surface area contributed by atoms with Gasteiger partial charge in [0.2, 0.25) is 0 Å². The van der Waals surface area contributed by atoms with Crippen molar-refractivity contribution >= 4 is 23.1 Å². The van der Waals surface area contributed by atoms with Crippen LogP contribution in [0.4, 0.5) is 5.69 Å². The van der Waals surface area contributed by atoms with Gasteiger partial charge in [0.25, 0.3) is 11.7 Å². The van der Waals surface area contributed by atoms with E-state index in [1.807, 2.05) is 6.92 Å². The summed E-state index contributed by atoms with van der Waals surface area (Å²) >= 11 is 0. The molecule has 0 bridgehead atoms. The summed E-state index contributed by atoms with van der Waals surface area (Å²) in [6, 6.07) is 18.0. The van der Waals surface area contributed by atoms with Crippen LogP contribution in [0.2, 0.25) is 0 Å². The van der Waals surface area contributed by atoms with Crippen LogP contribution >= 0.6 is 0 Å². The maximum atomic E-state index is 13.5. The van der Waals surface area contributed by atoms with Crippen molar-refractivity contribution in [2.45, 2.75) is 39.2 Å². The van der Waals surface area contributed by atoms with Crippen LogP contribution in [-0.4, -0.2) is 44.2 Å².